The van der Waals surface area contributed by atoms with Crippen molar-refractivity contribution < 1.29 is 18.6 Å². The summed E-state index contributed by atoms with van der Waals surface area (Å²) >= 11 is 9.86. The highest BCUT2D eigenvalue weighted by Crippen LogP contribution is 2.37. The minimum atomic E-state index is -0.298. The first-order chi connectivity index (χ1) is 20.4. The van der Waals surface area contributed by atoms with Crippen LogP contribution in [-0.4, -0.2) is 54.6 Å². The molecule has 3 aromatic carbocycles. The average Bonchev–Trinajstić information content (AvgIpc) is 2.99. The van der Waals surface area contributed by atoms with Crippen LogP contribution in [0.1, 0.15) is 16.7 Å². The number of hydrogen-bond acceptors (Lipinski definition) is 10. The number of nitrogens with one attached hydrogen (secondary N) is 2. The first-order valence-electron chi connectivity index (χ1n) is 13.0. The third-order valence-corrected chi connectivity index (χ3v) is 7.27. The zero-order valence-corrected chi connectivity index (χ0v) is 25.2. The van der Waals surface area contributed by atoms with Crippen molar-refractivity contribution >= 4 is 57.3 Å². The molecule has 0 atom stereocenters. The van der Waals surface area contributed by atoms with Crippen LogP contribution in [0.2, 0.25) is 5.02 Å². The molecule has 0 amide bonds. The molecule has 0 spiro atoms. The van der Waals surface area contributed by atoms with Gasteiger partial charge in [0.1, 0.15) is 12.4 Å². The van der Waals surface area contributed by atoms with Crippen molar-refractivity contribution in [3.05, 3.63) is 86.6 Å². The third kappa shape index (κ3) is 7.64. The van der Waals surface area contributed by atoms with Crippen molar-refractivity contribution in [3.63, 3.8) is 0 Å². The molecular formula is C29H28BrClFN7O3. The molecule has 0 bridgehead atoms. The van der Waals surface area contributed by atoms with Crippen LogP contribution in [0.15, 0.2) is 64.2 Å². The van der Waals surface area contributed by atoms with E-state index < -0.39 is 0 Å². The number of nitrogens with zero attached hydrogens (tertiary/aromatic N) is 5. The van der Waals surface area contributed by atoms with Gasteiger partial charge >= 0.3 is 0 Å². The number of hydrogen-bond donors (Lipinski definition) is 2. The molecule has 1 fully saturated rings. The monoisotopic (exact) mass is 655 g/mol. The van der Waals surface area contributed by atoms with E-state index in [0.29, 0.717) is 59.2 Å². The van der Waals surface area contributed by atoms with Gasteiger partial charge in [0.15, 0.2) is 11.5 Å². The van der Waals surface area contributed by atoms with Gasteiger partial charge in [0.05, 0.1) is 31.0 Å². The van der Waals surface area contributed by atoms with E-state index in [1.54, 1.807) is 31.5 Å². The summed E-state index contributed by atoms with van der Waals surface area (Å²) in [5.74, 6) is 1.83. The quantitative estimate of drug-likeness (QED) is 0.149. The van der Waals surface area contributed by atoms with Crippen molar-refractivity contribution in [3.8, 4) is 11.5 Å². The number of benzene rings is 3. The van der Waals surface area contributed by atoms with Crippen LogP contribution >= 0.6 is 27.5 Å². The van der Waals surface area contributed by atoms with E-state index in [0.717, 1.165) is 22.4 Å². The Morgan fingerprint density at radius 3 is 2.57 bits per heavy atom. The number of ether oxygens (including phenoxy) is 3. The Balaban J connectivity index is 1.33. The second-order valence-corrected chi connectivity index (χ2v) is 10.6. The number of aryl methyl sites for hydroxylation is 1. The lowest BCUT2D eigenvalue weighted by molar-refractivity contribution is 0.122. The summed E-state index contributed by atoms with van der Waals surface area (Å²) in [5, 5.41) is 8.19. The predicted molar refractivity (Wildman–Crippen MR) is 165 cm³/mol. The third-order valence-electron chi connectivity index (χ3n) is 6.27. The van der Waals surface area contributed by atoms with Gasteiger partial charge in [-0.25, -0.2) is 9.82 Å². The lowest BCUT2D eigenvalue weighted by atomic mass is 10.2. The number of methoxy groups -OCH3 is 1. The van der Waals surface area contributed by atoms with Crippen LogP contribution in [0, 0.1) is 12.7 Å². The van der Waals surface area contributed by atoms with Gasteiger partial charge < -0.3 is 24.4 Å². The summed E-state index contributed by atoms with van der Waals surface area (Å²) in [6.07, 6.45) is 1.61. The van der Waals surface area contributed by atoms with Crippen molar-refractivity contribution in [2.75, 3.05) is 49.1 Å². The van der Waals surface area contributed by atoms with E-state index in [1.165, 1.54) is 12.1 Å². The Bertz CT molecular complexity index is 1570. The molecule has 4 aromatic rings. The highest BCUT2D eigenvalue weighted by Gasteiger charge is 2.17. The van der Waals surface area contributed by atoms with Gasteiger partial charge in [0, 0.05) is 23.8 Å². The molecule has 1 aromatic heterocycles. The van der Waals surface area contributed by atoms with Gasteiger partial charge in [0.2, 0.25) is 17.8 Å². The molecule has 1 aliphatic heterocycles. The number of aromatic nitrogens is 3. The summed E-state index contributed by atoms with van der Waals surface area (Å²) in [6, 6.07) is 15.4. The molecule has 13 heteroatoms. The van der Waals surface area contributed by atoms with Crippen LogP contribution in [0.4, 0.5) is 27.9 Å². The number of hydrazone groups is 1. The fraction of sp³-hybridized carbons (Fsp3) is 0.241. The van der Waals surface area contributed by atoms with E-state index in [1.807, 2.05) is 36.1 Å². The fourth-order valence-electron chi connectivity index (χ4n) is 4.03. The maximum atomic E-state index is 13.2. The molecule has 42 heavy (non-hydrogen) atoms. The number of rotatable bonds is 10. The molecule has 2 heterocycles. The van der Waals surface area contributed by atoms with Crippen LogP contribution in [0.3, 0.4) is 0 Å². The Morgan fingerprint density at radius 1 is 1.07 bits per heavy atom. The molecule has 5 rings (SSSR count). The maximum absolute atomic E-state index is 13.2. The highest BCUT2D eigenvalue weighted by molar-refractivity contribution is 9.10. The molecule has 0 unspecified atom stereocenters. The smallest absolute Gasteiger partial charge is 0.250 e. The molecule has 10 nitrogen and oxygen atoms in total. The van der Waals surface area contributed by atoms with Gasteiger partial charge in [-0.05, 0) is 75.9 Å². The van der Waals surface area contributed by atoms with Gasteiger partial charge in [0.25, 0.3) is 0 Å². The van der Waals surface area contributed by atoms with Crippen LogP contribution in [0.25, 0.3) is 0 Å². The zero-order chi connectivity index (χ0) is 29.5. The molecule has 0 radical (unpaired) electrons. The summed E-state index contributed by atoms with van der Waals surface area (Å²) < 4.78 is 30.9. The number of morpholine rings is 1. The Hall–Kier alpha value is -4.00. The molecular weight excluding hydrogens is 629 g/mol. The van der Waals surface area contributed by atoms with Gasteiger partial charge in [-0.15, -0.1) is 0 Å². The Morgan fingerprint density at radius 2 is 1.83 bits per heavy atom. The second-order valence-electron chi connectivity index (χ2n) is 9.29. The van der Waals surface area contributed by atoms with Crippen molar-refractivity contribution in [1.29, 1.82) is 0 Å². The standard InChI is InChI=1S/C29H28BrClFN7O3/c1-18-3-8-22(15-24(18)31)34-27-35-28(37-29(36-27)39-9-11-41-12-10-39)38-33-16-20-13-23(30)26(25(14-20)40-2)42-17-19-4-6-21(32)7-5-19/h3-8,13-16H,9-12,17H2,1-2H3,(H2,34,35,36,37,38)/b33-16-. The summed E-state index contributed by atoms with van der Waals surface area (Å²) in [6.45, 7) is 4.68. The molecule has 0 aliphatic carbocycles. The molecule has 1 aliphatic rings. The van der Waals surface area contributed by atoms with Crippen LogP contribution < -0.4 is 25.1 Å². The van der Waals surface area contributed by atoms with Gasteiger partial charge in [-0.3, -0.25) is 0 Å². The maximum Gasteiger partial charge on any atom is 0.250 e. The van der Waals surface area contributed by atoms with E-state index in [2.05, 4.69) is 46.7 Å². The summed E-state index contributed by atoms with van der Waals surface area (Å²) in [7, 11) is 1.55. The fourth-order valence-corrected chi connectivity index (χ4v) is 4.78. The number of anilines is 4. The molecule has 0 saturated carbocycles. The van der Waals surface area contributed by atoms with Gasteiger partial charge in [-0.1, -0.05) is 29.8 Å². The highest BCUT2D eigenvalue weighted by atomic mass is 79.9. The van der Waals surface area contributed by atoms with E-state index >= 15 is 0 Å². The number of halogens is 3. The Labute approximate surface area is 256 Å². The molecule has 2 N–H and O–H groups in total. The summed E-state index contributed by atoms with van der Waals surface area (Å²) in [5.41, 5.74) is 6.19. The van der Waals surface area contributed by atoms with Crippen molar-refractivity contribution in [1.82, 2.24) is 15.0 Å². The summed E-state index contributed by atoms with van der Waals surface area (Å²) in [4.78, 5) is 15.7. The lowest BCUT2D eigenvalue weighted by Gasteiger charge is -2.27. The Kier molecular flexibility index (Phi) is 9.67. The minimum Gasteiger partial charge on any atom is -0.493 e. The minimum absolute atomic E-state index is 0.250. The van der Waals surface area contributed by atoms with Crippen molar-refractivity contribution in [2.24, 2.45) is 5.10 Å². The molecule has 218 valence electrons. The largest absolute Gasteiger partial charge is 0.493 e. The van der Waals surface area contributed by atoms with Crippen LogP contribution in [0.5, 0.6) is 11.5 Å². The SMILES string of the molecule is COc1cc(/C=N\Nc2nc(Nc3ccc(C)c(Cl)c3)nc(N3CCOCC3)n2)cc(Br)c1OCc1ccc(F)cc1. The topological polar surface area (TPSA) is 106 Å². The second kappa shape index (κ2) is 13.8. The average molecular weight is 657 g/mol. The normalized spacial score (nSPS) is 13.3. The van der Waals surface area contributed by atoms with E-state index in [9.17, 15) is 4.39 Å². The van der Waals surface area contributed by atoms with Crippen LogP contribution in [-0.2, 0) is 11.3 Å². The van der Waals surface area contributed by atoms with E-state index in [4.69, 9.17) is 25.8 Å². The van der Waals surface area contributed by atoms with E-state index in [-0.39, 0.29) is 18.4 Å². The molecule has 1 saturated heterocycles. The first kappa shape index (κ1) is 29.5. The lowest BCUT2D eigenvalue weighted by Crippen LogP contribution is -2.37. The van der Waals surface area contributed by atoms with Gasteiger partial charge in [-0.2, -0.15) is 20.1 Å². The zero-order valence-electron chi connectivity index (χ0n) is 22.9. The van der Waals surface area contributed by atoms with Crippen molar-refractivity contribution in [2.45, 2.75) is 13.5 Å². The predicted octanol–water partition coefficient (Wildman–Crippen LogP) is 6.35. The first-order valence-corrected chi connectivity index (χ1v) is 14.2.